The topological polar surface area (TPSA) is 49.2 Å². The summed E-state index contributed by atoms with van der Waals surface area (Å²) in [5.74, 6) is 1.58. The minimum absolute atomic E-state index is 0.622. The van der Waals surface area contributed by atoms with Crippen molar-refractivity contribution in [2.45, 2.75) is 5.41 Å². The Morgan fingerprint density at radius 3 is 1.92 bits per heavy atom. The van der Waals surface area contributed by atoms with Crippen molar-refractivity contribution in [3.05, 3.63) is 222 Å². The van der Waals surface area contributed by atoms with Crippen molar-refractivity contribution in [1.29, 1.82) is 0 Å². The third kappa shape index (κ3) is 4.30. The van der Waals surface area contributed by atoms with Gasteiger partial charge in [0.25, 0.3) is 0 Å². The Balaban J connectivity index is 1.04. The Morgan fingerprint density at radius 1 is 0.450 bits per heavy atom. The number of hydrogen-bond acceptors (Lipinski definition) is 3. The van der Waals surface area contributed by atoms with Crippen LogP contribution in [0.15, 0.2) is 188 Å². The molecule has 0 amide bonds. The zero-order valence-corrected chi connectivity index (χ0v) is 32.0. The fourth-order valence-electron chi connectivity index (χ4n) is 10.2. The zero-order chi connectivity index (χ0) is 39.5. The Kier molecular flexibility index (Phi) is 6.62. The highest BCUT2D eigenvalue weighted by Crippen LogP contribution is 2.62. The lowest BCUT2D eigenvalue weighted by Gasteiger charge is -2.39. The highest BCUT2D eigenvalue weighted by molar-refractivity contribution is 6.11. The largest absolute Gasteiger partial charge is 0.457 e. The molecule has 1 atom stereocenters. The summed E-state index contributed by atoms with van der Waals surface area (Å²) >= 11 is 0. The fourth-order valence-corrected chi connectivity index (χ4v) is 10.2. The molecule has 7 aromatic carbocycles. The van der Waals surface area contributed by atoms with E-state index in [-0.39, 0.29) is 0 Å². The van der Waals surface area contributed by atoms with Crippen LogP contribution in [0.3, 0.4) is 0 Å². The molecule has 2 aliphatic rings. The van der Waals surface area contributed by atoms with Crippen molar-refractivity contribution in [2.24, 2.45) is 0 Å². The second kappa shape index (κ2) is 12.1. The minimum atomic E-state index is -0.747. The standard InChI is InChI=1S/C54H31N5O/c1-55-35-22-26-49-41(30-35)39-15-6-9-19-47(39)59(49)37-23-24-43-51(31-37)60-50-20-10-7-16-42(50)54(43)44-17-11-27-56-52(44)53-45(54)29-34(32-57-53)33-21-25-48-40(28-33)38-14-5-8-18-46(38)58(48)36-12-3-2-4-13-36/h2-32H. The van der Waals surface area contributed by atoms with Gasteiger partial charge in [-0.2, -0.15) is 0 Å². The maximum Gasteiger partial charge on any atom is 0.188 e. The smallest absolute Gasteiger partial charge is 0.188 e. The first-order valence-electron chi connectivity index (χ1n) is 20.1. The molecule has 0 saturated heterocycles. The average Bonchev–Trinajstić information content (AvgIpc) is 3.93. The van der Waals surface area contributed by atoms with Crippen molar-refractivity contribution in [3.63, 3.8) is 0 Å². The number of rotatable bonds is 3. The summed E-state index contributed by atoms with van der Waals surface area (Å²) < 4.78 is 11.6. The first-order valence-corrected chi connectivity index (χ1v) is 20.1. The Labute approximate surface area is 344 Å². The van der Waals surface area contributed by atoms with Crippen LogP contribution < -0.4 is 4.74 Å². The Morgan fingerprint density at radius 2 is 1.10 bits per heavy atom. The van der Waals surface area contributed by atoms with Gasteiger partial charge in [-0.25, -0.2) is 4.85 Å². The molecular weight excluding hydrogens is 735 g/mol. The maximum atomic E-state index is 7.69. The lowest BCUT2D eigenvalue weighted by molar-refractivity contribution is 0.436. The molecule has 4 aromatic heterocycles. The second-order valence-electron chi connectivity index (χ2n) is 15.6. The summed E-state index contributed by atoms with van der Waals surface area (Å²) in [6.07, 6.45) is 3.87. The normalized spacial score (nSPS) is 14.8. The van der Waals surface area contributed by atoms with E-state index < -0.39 is 5.41 Å². The summed E-state index contributed by atoms with van der Waals surface area (Å²) in [6, 6.07) is 61.9. The molecule has 6 nitrogen and oxygen atoms in total. The van der Waals surface area contributed by atoms with E-state index >= 15 is 0 Å². The molecule has 278 valence electrons. The third-order valence-electron chi connectivity index (χ3n) is 12.7. The van der Waals surface area contributed by atoms with Gasteiger partial charge in [-0.1, -0.05) is 97.1 Å². The van der Waals surface area contributed by atoms with E-state index in [0.29, 0.717) is 5.69 Å². The molecular formula is C54H31N5O. The number of pyridine rings is 2. The van der Waals surface area contributed by atoms with Crippen LogP contribution in [-0.2, 0) is 5.41 Å². The number of fused-ring (bicyclic) bond motifs is 15. The minimum Gasteiger partial charge on any atom is -0.457 e. The maximum absolute atomic E-state index is 7.69. The SMILES string of the molecule is [C-]#[N+]c1ccc2c(c1)c1ccccc1n2-c1ccc2c(c1)Oc1ccccc1C21c2cccnc2-c2ncc(-c3ccc4c(c3)c3ccccc3n4-c3ccccc3)cc21. The van der Waals surface area contributed by atoms with Gasteiger partial charge in [-0.15, -0.1) is 0 Å². The Hall–Kier alpha value is -8.27. The van der Waals surface area contributed by atoms with Crippen LogP contribution in [0.1, 0.15) is 22.3 Å². The molecule has 6 heteroatoms. The van der Waals surface area contributed by atoms with Crippen LogP contribution in [0, 0.1) is 6.57 Å². The van der Waals surface area contributed by atoms with E-state index in [9.17, 15) is 0 Å². The molecule has 13 rings (SSSR count). The Bertz CT molecular complexity index is 3670. The zero-order valence-electron chi connectivity index (χ0n) is 32.0. The predicted molar refractivity (Wildman–Crippen MR) is 240 cm³/mol. The van der Waals surface area contributed by atoms with Crippen LogP contribution in [0.25, 0.3) is 82.3 Å². The molecule has 60 heavy (non-hydrogen) atoms. The highest BCUT2D eigenvalue weighted by Gasteiger charge is 2.52. The number of hydrogen-bond donors (Lipinski definition) is 0. The lowest BCUT2D eigenvalue weighted by Crippen LogP contribution is -2.32. The van der Waals surface area contributed by atoms with Crippen LogP contribution in [0.2, 0.25) is 0 Å². The van der Waals surface area contributed by atoms with Gasteiger partial charge in [0.1, 0.15) is 11.5 Å². The summed E-state index contributed by atoms with van der Waals surface area (Å²) in [5, 5.41) is 4.55. The lowest BCUT2D eigenvalue weighted by atomic mass is 9.66. The van der Waals surface area contributed by atoms with Gasteiger partial charge in [-0.05, 0) is 89.3 Å². The van der Waals surface area contributed by atoms with E-state index in [1.54, 1.807) is 0 Å². The fraction of sp³-hybridized carbons (Fsp3) is 0.0185. The highest BCUT2D eigenvalue weighted by atomic mass is 16.5. The average molecular weight is 766 g/mol. The molecule has 11 aromatic rings. The van der Waals surface area contributed by atoms with Crippen molar-refractivity contribution in [2.75, 3.05) is 0 Å². The number of aromatic nitrogens is 4. The summed E-state index contributed by atoms with van der Waals surface area (Å²) in [4.78, 5) is 14.0. The molecule has 1 aliphatic heterocycles. The van der Waals surface area contributed by atoms with Gasteiger partial charge < -0.3 is 13.9 Å². The molecule has 1 unspecified atom stereocenters. The molecule has 0 bridgehead atoms. The van der Waals surface area contributed by atoms with Gasteiger partial charge in [-0.3, -0.25) is 9.97 Å². The van der Waals surface area contributed by atoms with Crippen molar-refractivity contribution in [1.82, 2.24) is 19.1 Å². The quantitative estimate of drug-likeness (QED) is 0.168. The number of benzene rings is 7. The van der Waals surface area contributed by atoms with E-state index in [0.717, 1.165) is 95.0 Å². The van der Waals surface area contributed by atoms with Crippen LogP contribution in [-0.4, -0.2) is 19.1 Å². The third-order valence-corrected chi connectivity index (χ3v) is 12.7. The summed E-state index contributed by atoms with van der Waals surface area (Å²) in [6.45, 7) is 7.69. The molecule has 0 fully saturated rings. The predicted octanol–water partition coefficient (Wildman–Crippen LogP) is 13.4. The van der Waals surface area contributed by atoms with Gasteiger partial charge in [0, 0.05) is 68.2 Å². The van der Waals surface area contributed by atoms with E-state index in [4.69, 9.17) is 21.3 Å². The number of nitrogens with zero attached hydrogens (tertiary/aromatic N) is 5. The first kappa shape index (κ1) is 32.8. The number of para-hydroxylation sites is 4. The molecule has 0 radical (unpaired) electrons. The van der Waals surface area contributed by atoms with Gasteiger partial charge >= 0.3 is 0 Å². The van der Waals surface area contributed by atoms with Crippen LogP contribution in [0.5, 0.6) is 11.5 Å². The molecule has 0 saturated carbocycles. The van der Waals surface area contributed by atoms with Crippen molar-refractivity contribution < 1.29 is 4.74 Å². The van der Waals surface area contributed by atoms with Crippen LogP contribution >= 0.6 is 0 Å². The van der Waals surface area contributed by atoms with Crippen LogP contribution in [0.4, 0.5) is 5.69 Å². The summed E-state index contributed by atoms with van der Waals surface area (Å²) in [7, 11) is 0. The molecule has 1 spiro atoms. The summed E-state index contributed by atoms with van der Waals surface area (Å²) in [5.41, 5.74) is 14.6. The van der Waals surface area contributed by atoms with E-state index in [2.05, 4.69) is 166 Å². The van der Waals surface area contributed by atoms with E-state index in [1.165, 1.54) is 16.3 Å². The van der Waals surface area contributed by atoms with Crippen molar-refractivity contribution in [3.8, 4) is 45.4 Å². The first-order chi connectivity index (χ1) is 29.7. The second-order valence-corrected chi connectivity index (χ2v) is 15.6. The monoisotopic (exact) mass is 765 g/mol. The molecule has 0 N–H and O–H groups in total. The number of ether oxygens (including phenoxy) is 1. The molecule has 1 aliphatic carbocycles. The van der Waals surface area contributed by atoms with Gasteiger partial charge in [0.2, 0.25) is 0 Å². The van der Waals surface area contributed by atoms with E-state index in [1.807, 2.05) is 36.7 Å². The molecule has 5 heterocycles. The van der Waals surface area contributed by atoms with Crippen molar-refractivity contribution >= 4 is 49.3 Å². The van der Waals surface area contributed by atoms with Gasteiger partial charge in [0.05, 0.1) is 45.4 Å². The van der Waals surface area contributed by atoms with Gasteiger partial charge in [0.15, 0.2) is 5.69 Å².